The van der Waals surface area contributed by atoms with Crippen LogP contribution in [-0.4, -0.2) is 50.9 Å². The Hall–Kier alpha value is -2.28. The lowest BCUT2D eigenvalue weighted by molar-refractivity contribution is -0.142. The van der Waals surface area contributed by atoms with E-state index in [1.54, 1.807) is 11.0 Å². The van der Waals surface area contributed by atoms with E-state index < -0.39 is 0 Å². The molecule has 22 heavy (non-hydrogen) atoms. The van der Waals surface area contributed by atoms with E-state index in [1.165, 1.54) is 14.2 Å². The molecule has 0 radical (unpaired) electrons. The van der Waals surface area contributed by atoms with Crippen molar-refractivity contribution in [1.82, 2.24) is 4.90 Å². The van der Waals surface area contributed by atoms with Crippen LogP contribution in [0.15, 0.2) is 18.2 Å². The number of esters is 1. The minimum absolute atomic E-state index is 0.0360. The summed E-state index contributed by atoms with van der Waals surface area (Å²) < 4.78 is 20.1. The summed E-state index contributed by atoms with van der Waals surface area (Å²) >= 11 is 0. The lowest BCUT2D eigenvalue weighted by atomic mass is 10.2. The number of ether oxygens (including phenoxy) is 4. The minimum atomic E-state index is -0.360. The summed E-state index contributed by atoms with van der Waals surface area (Å²) in [5, 5.41) is 0. The van der Waals surface area contributed by atoms with Crippen molar-refractivity contribution in [3.05, 3.63) is 23.8 Å². The van der Waals surface area contributed by atoms with Crippen molar-refractivity contribution in [3.8, 4) is 11.5 Å². The van der Waals surface area contributed by atoms with Gasteiger partial charge in [0.15, 0.2) is 11.5 Å². The van der Waals surface area contributed by atoms with Crippen LogP contribution in [0.5, 0.6) is 11.5 Å². The standard InChI is InChI=1S/C15H19NO6/c1-19-9-14(17)16(6-5-15(18)20-2)8-11-3-4-12-13(7-11)22-10-21-12/h3-4,7H,5-6,8-10H2,1-2H3. The maximum absolute atomic E-state index is 12.1. The third-order valence-corrected chi connectivity index (χ3v) is 3.24. The number of hydrogen-bond donors (Lipinski definition) is 0. The van der Waals surface area contributed by atoms with Gasteiger partial charge in [-0.2, -0.15) is 0 Å². The zero-order valence-corrected chi connectivity index (χ0v) is 12.7. The molecule has 7 nitrogen and oxygen atoms in total. The lowest BCUT2D eigenvalue weighted by Crippen LogP contribution is -2.35. The van der Waals surface area contributed by atoms with Crippen LogP contribution in [0, 0.1) is 0 Å². The highest BCUT2D eigenvalue weighted by atomic mass is 16.7. The van der Waals surface area contributed by atoms with Crippen molar-refractivity contribution in [2.45, 2.75) is 13.0 Å². The van der Waals surface area contributed by atoms with Crippen LogP contribution in [-0.2, 0) is 25.6 Å². The van der Waals surface area contributed by atoms with Crippen LogP contribution in [0.3, 0.4) is 0 Å². The van der Waals surface area contributed by atoms with Crippen LogP contribution in [0.1, 0.15) is 12.0 Å². The van der Waals surface area contributed by atoms with Gasteiger partial charge >= 0.3 is 5.97 Å². The Morgan fingerprint density at radius 2 is 2.00 bits per heavy atom. The third-order valence-electron chi connectivity index (χ3n) is 3.24. The van der Waals surface area contributed by atoms with Crippen molar-refractivity contribution >= 4 is 11.9 Å². The van der Waals surface area contributed by atoms with Crippen molar-refractivity contribution in [3.63, 3.8) is 0 Å². The van der Waals surface area contributed by atoms with Gasteiger partial charge in [0.1, 0.15) is 6.61 Å². The first-order chi connectivity index (χ1) is 10.6. The van der Waals surface area contributed by atoms with Crippen molar-refractivity contribution in [2.75, 3.05) is 34.2 Å². The Morgan fingerprint density at radius 3 is 2.73 bits per heavy atom. The Kier molecular flexibility index (Phi) is 5.60. The third kappa shape index (κ3) is 4.11. The molecular formula is C15H19NO6. The van der Waals surface area contributed by atoms with Crippen LogP contribution in [0.25, 0.3) is 0 Å². The summed E-state index contributed by atoms with van der Waals surface area (Å²) in [5.74, 6) is 0.794. The van der Waals surface area contributed by atoms with Crippen LogP contribution >= 0.6 is 0 Å². The Balaban J connectivity index is 2.04. The Labute approximate surface area is 128 Å². The maximum atomic E-state index is 12.1. The lowest BCUT2D eigenvalue weighted by Gasteiger charge is -2.22. The number of amides is 1. The predicted octanol–water partition coefficient (Wildman–Crippen LogP) is 0.953. The molecule has 0 saturated carbocycles. The van der Waals surface area contributed by atoms with E-state index in [1.807, 2.05) is 12.1 Å². The van der Waals surface area contributed by atoms with E-state index in [4.69, 9.17) is 14.2 Å². The second kappa shape index (κ2) is 7.65. The summed E-state index contributed by atoms with van der Waals surface area (Å²) in [6.07, 6.45) is 0.135. The van der Waals surface area contributed by atoms with E-state index in [9.17, 15) is 9.59 Å². The van der Waals surface area contributed by atoms with E-state index in [0.717, 1.165) is 5.56 Å². The average molecular weight is 309 g/mol. The highest BCUT2D eigenvalue weighted by Crippen LogP contribution is 2.32. The molecule has 7 heteroatoms. The van der Waals surface area contributed by atoms with Gasteiger partial charge in [-0.15, -0.1) is 0 Å². The fourth-order valence-corrected chi connectivity index (χ4v) is 2.09. The molecule has 1 aliphatic heterocycles. The molecule has 0 unspecified atom stereocenters. The molecule has 0 aromatic heterocycles. The highest BCUT2D eigenvalue weighted by Gasteiger charge is 2.18. The number of methoxy groups -OCH3 is 2. The Bertz CT molecular complexity index is 545. The van der Waals surface area contributed by atoms with Crippen molar-refractivity contribution in [2.24, 2.45) is 0 Å². The SMILES string of the molecule is COCC(=O)N(CCC(=O)OC)Cc1ccc2c(c1)OCO2. The molecule has 2 rings (SSSR count). The van der Waals surface area contributed by atoms with Gasteiger partial charge in [0.25, 0.3) is 0 Å². The summed E-state index contributed by atoms with van der Waals surface area (Å²) in [5.41, 5.74) is 0.888. The fraction of sp³-hybridized carbons (Fsp3) is 0.467. The molecule has 1 amide bonds. The molecule has 1 heterocycles. The van der Waals surface area contributed by atoms with Gasteiger partial charge in [-0.1, -0.05) is 6.07 Å². The first-order valence-electron chi connectivity index (χ1n) is 6.86. The molecule has 0 N–H and O–H groups in total. The molecule has 120 valence electrons. The molecule has 0 saturated heterocycles. The van der Waals surface area contributed by atoms with E-state index in [2.05, 4.69) is 4.74 Å². The van der Waals surface area contributed by atoms with E-state index >= 15 is 0 Å². The summed E-state index contributed by atoms with van der Waals surface area (Å²) in [6.45, 7) is 0.790. The number of carbonyl (C=O) groups is 2. The van der Waals surface area contributed by atoms with E-state index in [0.29, 0.717) is 18.0 Å². The van der Waals surface area contributed by atoms with Gasteiger partial charge < -0.3 is 23.8 Å². The van der Waals surface area contributed by atoms with Gasteiger partial charge in [-0.25, -0.2) is 0 Å². The molecule has 0 fully saturated rings. The maximum Gasteiger partial charge on any atom is 0.307 e. The topological polar surface area (TPSA) is 74.3 Å². The number of carbonyl (C=O) groups excluding carboxylic acids is 2. The smallest absolute Gasteiger partial charge is 0.307 e. The van der Waals surface area contributed by atoms with Crippen LogP contribution in [0.4, 0.5) is 0 Å². The first kappa shape index (κ1) is 16.1. The normalized spacial score (nSPS) is 12.1. The van der Waals surface area contributed by atoms with Crippen LogP contribution in [0.2, 0.25) is 0 Å². The van der Waals surface area contributed by atoms with Gasteiger partial charge in [0, 0.05) is 20.2 Å². The molecule has 0 spiro atoms. The minimum Gasteiger partial charge on any atom is -0.469 e. The Morgan fingerprint density at radius 1 is 1.23 bits per heavy atom. The van der Waals surface area contributed by atoms with Crippen molar-refractivity contribution in [1.29, 1.82) is 0 Å². The molecule has 0 bridgehead atoms. The zero-order valence-electron chi connectivity index (χ0n) is 12.7. The first-order valence-corrected chi connectivity index (χ1v) is 6.86. The monoisotopic (exact) mass is 309 g/mol. The highest BCUT2D eigenvalue weighted by molar-refractivity contribution is 5.78. The molecule has 1 aliphatic rings. The predicted molar refractivity (Wildman–Crippen MR) is 76.5 cm³/mol. The number of rotatable bonds is 7. The molecule has 0 atom stereocenters. The van der Waals surface area contributed by atoms with E-state index in [-0.39, 0.29) is 38.2 Å². The summed E-state index contributed by atoms with van der Waals surface area (Å²) in [7, 11) is 2.78. The second-order valence-electron chi connectivity index (χ2n) is 4.76. The van der Waals surface area contributed by atoms with Crippen molar-refractivity contribution < 1.29 is 28.5 Å². The van der Waals surface area contributed by atoms with Crippen LogP contribution < -0.4 is 9.47 Å². The largest absolute Gasteiger partial charge is 0.469 e. The number of nitrogens with zero attached hydrogens (tertiary/aromatic N) is 1. The molecule has 1 aromatic rings. The quantitative estimate of drug-likeness (QED) is 0.698. The zero-order chi connectivity index (χ0) is 15.9. The van der Waals surface area contributed by atoms with Gasteiger partial charge in [0.2, 0.25) is 12.7 Å². The summed E-state index contributed by atoms with van der Waals surface area (Å²) in [4.78, 5) is 24.9. The van der Waals surface area contributed by atoms with Gasteiger partial charge in [-0.05, 0) is 17.7 Å². The van der Waals surface area contributed by atoms with Gasteiger partial charge in [0.05, 0.1) is 13.5 Å². The second-order valence-corrected chi connectivity index (χ2v) is 4.76. The van der Waals surface area contributed by atoms with Gasteiger partial charge in [-0.3, -0.25) is 9.59 Å². The molecule has 1 aromatic carbocycles. The number of hydrogen-bond acceptors (Lipinski definition) is 6. The number of fused-ring (bicyclic) bond motifs is 1. The summed E-state index contributed by atoms with van der Waals surface area (Å²) in [6, 6.07) is 5.49. The fourth-order valence-electron chi connectivity index (χ4n) is 2.09. The molecular weight excluding hydrogens is 290 g/mol. The molecule has 0 aliphatic carbocycles. The number of benzene rings is 1. The average Bonchev–Trinajstić information content (AvgIpc) is 2.98.